The summed E-state index contributed by atoms with van der Waals surface area (Å²) < 4.78 is 5.41. The number of hydrogen-bond donors (Lipinski definition) is 1. The molecule has 2 heterocycles. The van der Waals surface area contributed by atoms with Crippen molar-refractivity contribution in [1.82, 2.24) is 10.2 Å². The van der Waals surface area contributed by atoms with Crippen LogP contribution in [0.15, 0.2) is 0 Å². The fraction of sp³-hybridized carbons (Fsp3) is 0.875. The zero-order valence-corrected chi connectivity index (χ0v) is 13.4. The Morgan fingerprint density at radius 3 is 2.52 bits per heavy atom. The standard InChI is InChI=1S/C16H28N2O3/c1-11(2)10-14-16(20)18(7-4-15(19)17-14)12(3)13-5-8-21-9-6-13/h11-14H,4-10H2,1-3H3,(H,17,19). The van der Waals surface area contributed by atoms with Crippen LogP contribution in [0.3, 0.4) is 0 Å². The molecule has 0 aromatic rings. The molecule has 21 heavy (non-hydrogen) atoms. The van der Waals surface area contributed by atoms with Gasteiger partial charge < -0.3 is 15.0 Å². The lowest BCUT2D eigenvalue weighted by Gasteiger charge is -2.37. The summed E-state index contributed by atoms with van der Waals surface area (Å²) in [6.07, 6.45) is 3.12. The average molecular weight is 296 g/mol. The Morgan fingerprint density at radius 1 is 1.24 bits per heavy atom. The molecule has 0 bridgehead atoms. The third-order valence-corrected chi connectivity index (χ3v) is 4.64. The van der Waals surface area contributed by atoms with Crippen LogP contribution in [-0.2, 0) is 14.3 Å². The Kier molecular flexibility index (Phi) is 5.62. The Labute approximate surface area is 127 Å². The van der Waals surface area contributed by atoms with Crippen molar-refractivity contribution >= 4 is 11.8 Å². The molecule has 0 aromatic heterocycles. The van der Waals surface area contributed by atoms with Crippen molar-refractivity contribution in [3.63, 3.8) is 0 Å². The molecule has 2 fully saturated rings. The van der Waals surface area contributed by atoms with E-state index < -0.39 is 0 Å². The highest BCUT2D eigenvalue weighted by Gasteiger charge is 2.35. The molecular formula is C16H28N2O3. The number of carbonyl (C=O) groups is 2. The smallest absolute Gasteiger partial charge is 0.245 e. The minimum absolute atomic E-state index is 0.00400. The lowest BCUT2D eigenvalue weighted by atomic mass is 9.91. The van der Waals surface area contributed by atoms with E-state index in [4.69, 9.17) is 4.74 Å². The van der Waals surface area contributed by atoms with E-state index in [9.17, 15) is 9.59 Å². The third-order valence-electron chi connectivity index (χ3n) is 4.64. The van der Waals surface area contributed by atoms with Gasteiger partial charge in [-0.15, -0.1) is 0 Å². The molecule has 2 aliphatic rings. The van der Waals surface area contributed by atoms with Gasteiger partial charge in [0, 0.05) is 32.2 Å². The number of hydrogen-bond acceptors (Lipinski definition) is 3. The summed E-state index contributed by atoms with van der Waals surface area (Å²) in [4.78, 5) is 26.6. The Bertz CT molecular complexity index is 378. The molecule has 120 valence electrons. The first-order chi connectivity index (χ1) is 9.99. The molecule has 0 spiro atoms. The van der Waals surface area contributed by atoms with Gasteiger partial charge in [-0.2, -0.15) is 0 Å². The predicted molar refractivity (Wildman–Crippen MR) is 80.7 cm³/mol. The highest BCUT2D eigenvalue weighted by atomic mass is 16.5. The van der Waals surface area contributed by atoms with E-state index in [1.165, 1.54) is 0 Å². The fourth-order valence-electron chi connectivity index (χ4n) is 3.35. The van der Waals surface area contributed by atoms with Crippen molar-refractivity contribution in [3.8, 4) is 0 Å². The van der Waals surface area contributed by atoms with Crippen molar-refractivity contribution in [2.75, 3.05) is 19.8 Å². The summed E-state index contributed by atoms with van der Waals surface area (Å²) in [6.45, 7) is 8.38. The van der Waals surface area contributed by atoms with Crippen molar-refractivity contribution in [1.29, 1.82) is 0 Å². The largest absolute Gasteiger partial charge is 0.381 e. The van der Waals surface area contributed by atoms with Crippen molar-refractivity contribution in [2.24, 2.45) is 11.8 Å². The van der Waals surface area contributed by atoms with Crippen molar-refractivity contribution < 1.29 is 14.3 Å². The molecule has 2 unspecified atom stereocenters. The van der Waals surface area contributed by atoms with E-state index in [0.29, 0.717) is 31.2 Å². The number of nitrogens with zero attached hydrogens (tertiary/aromatic N) is 1. The van der Waals surface area contributed by atoms with Gasteiger partial charge in [-0.05, 0) is 38.0 Å². The lowest BCUT2D eigenvalue weighted by Crippen LogP contribution is -2.50. The molecule has 2 saturated heterocycles. The molecule has 5 heteroatoms. The van der Waals surface area contributed by atoms with Crippen LogP contribution in [0, 0.1) is 11.8 Å². The first-order valence-electron chi connectivity index (χ1n) is 8.16. The number of rotatable bonds is 4. The summed E-state index contributed by atoms with van der Waals surface area (Å²) in [5.41, 5.74) is 0. The normalized spacial score (nSPS) is 26.7. The molecule has 2 aliphatic heterocycles. The minimum atomic E-state index is -0.359. The third kappa shape index (κ3) is 4.19. The second kappa shape index (κ2) is 7.25. The SMILES string of the molecule is CC(C)CC1NC(=O)CCN(C(C)C2CCOCC2)C1=O. The number of ether oxygens (including phenoxy) is 1. The first kappa shape index (κ1) is 16.3. The first-order valence-corrected chi connectivity index (χ1v) is 8.16. The Balaban J connectivity index is 2.08. The van der Waals surface area contributed by atoms with E-state index in [-0.39, 0.29) is 23.9 Å². The molecule has 0 aliphatic carbocycles. The summed E-state index contributed by atoms with van der Waals surface area (Å²) in [5.74, 6) is 0.956. The van der Waals surface area contributed by atoms with Gasteiger partial charge in [-0.3, -0.25) is 9.59 Å². The topological polar surface area (TPSA) is 58.6 Å². The molecular weight excluding hydrogens is 268 g/mol. The van der Waals surface area contributed by atoms with Crippen molar-refractivity contribution in [2.45, 2.75) is 58.5 Å². The van der Waals surface area contributed by atoms with Gasteiger partial charge in [0.05, 0.1) is 0 Å². The van der Waals surface area contributed by atoms with Crippen LogP contribution in [0.5, 0.6) is 0 Å². The molecule has 0 radical (unpaired) electrons. The zero-order chi connectivity index (χ0) is 15.4. The summed E-state index contributed by atoms with van der Waals surface area (Å²) in [5, 5.41) is 2.89. The quantitative estimate of drug-likeness (QED) is 0.856. The summed E-state index contributed by atoms with van der Waals surface area (Å²) >= 11 is 0. The van der Waals surface area contributed by atoms with Crippen LogP contribution in [0.1, 0.15) is 46.5 Å². The van der Waals surface area contributed by atoms with Gasteiger partial charge in [-0.25, -0.2) is 0 Å². The van der Waals surface area contributed by atoms with Crippen LogP contribution in [0.4, 0.5) is 0 Å². The van der Waals surface area contributed by atoms with E-state index >= 15 is 0 Å². The summed E-state index contributed by atoms with van der Waals surface area (Å²) in [7, 11) is 0. The fourth-order valence-corrected chi connectivity index (χ4v) is 3.35. The average Bonchev–Trinajstić information content (AvgIpc) is 2.59. The van der Waals surface area contributed by atoms with E-state index in [1.807, 2.05) is 4.90 Å². The molecule has 0 saturated carbocycles. The second-order valence-electron chi connectivity index (χ2n) is 6.72. The van der Waals surface area contributed by atoms with Gasteiger partial charge in [0.2, 0.25) is 11.8 Å². The number of carbonyl (C=O) groups excluding carboxylic acids is 2. The van der Waals surface area contributed by atoms with Gasteiger partial charge in [0.15, 0.2) is 0 Å². The van der Waals surface area contributed by atoms with Gasteiger partial charge in [-0.1, -0.05) is 13.8 Å². The number of nitrogens with one attached hydrogen (secondary N) is 1. The maximum Gasteiger partial charge on any atom is 0.245 e. The van der Waals surface area contributed by atoms with E-state index in [2.05, 4.69) is 26.1 Å². The van der Waals surface area contributed by atoms with E-state index in [0.717, 1.165) is 26.1 Å². The van der Waals surface area contributed by atoms with Crippen LogP contribution in [0.2, 0.25) is 0 Å². The molecule has 2 rings (SSSR count). The molecule has 2 amide bonds. The van der Waals surface area contributed by atoms with Gasteiger partial charge in [0.25, 0.3) is 0 Å². The molecule has 0 aromatic carbocycles. The van der Waals surface area contributed by atoms with Crippen molar-refractivity contribution in [3.05, 3.63) is 0 Å². The van der Waals surface area contributed by atoms with Gasteiger partial charge >= 0.3 is 0 Å². The molecule has 1 N–H and O–H groups in total. The summed E-state index contributed by atoms with van der Waals surface area (Å²) in [6, 6.07) is -0.175. The highest BCUT2D eigenvalue weighted by molar-refractivity contribution is 5.90. The van der Waals surface area contributed by atoms with E-state index in [1.54, 1.807) is 0 Å². The van der Waals surface area contributed by atoms with Crippen LogP contribution in [-0.4, -0.2) is 48.6 Å². The lowest BCUT2D eigenvalue weighted by molar-refractivity contribution is -0.137. The highest BCUT2D eigenvalue weighted by Crippen LogP contribution is 2.25. The monoisotopic (exact) mass is 296 g/mol. The molecule has 2 atom stereocenters. The van der Waals surface area contributed by atoms with Gasteiger partial charge in [0.1, 0.15) is 6.04 Å². The maximum atomic E-state index is 12.8. The second-order valence-corrected chi connectivity index (χ2v) is 6.72. The molecule has 5 nitrogen and oxygen atoms in total. The maximum absolute atomic E-state index is 12.8. The van der Waals surface area contributed by atoms with Crippen LogP contribution in [0.25, 0.3) is 0 Å². The van der Waals surface area contributed by atoms with Crippen LogP contribution >= 0.6 is 0 Å². The zero-order valence-electron chi connectivity index (χ0n) is 13.4. The Hall–Kier alpha value is -1.10. The Morgan fingerprint density at radius 2 is 1.90 bits per heavy atom. The van der Waals surface area contributed by atoms with Crippen LogP contribution < -0.4 is 5.32 Å². The predicted octanol–water partition coefficient (Wildman–Crippen LogP) is 1.56. The number of amides is 2. The minimum Gasteiger partial charge on any atom is -0.381 e.